The third-order valence-electron chi connectivity index (χ3n) is 4.64. The summed E-state index contributed by atoms with van der Waals surface area (Å²) >= 11 is 0. The van der Waals surface area contributed by atoms with E-state index in [0.29, 0.717) is 5.54 Å². The summed E-state index contributed by atoms with van der Waals surface area (Å²) in [6.07, 6.45) is 6.47. The molecular formula is C15H27N5. The molecular weight excluding hydrogens is 250 g/mol. The predicted molar refractivity (Wildman–Crippen MR) is 84.5 cm³/mol. The average molecular weight is 277 g/mol. The number of aromatic nitrogens is 2. The highest BCUT2D eigenvalue weighted by molar-refractivity contribution is 5.58. The summed E-state index contributed by atoms with van der Waals surface area (Å²) in [4.78, 5) is 13.5. The molecule has 1 saturated carbocycles. The first-order valence-corrected chi connectivity index (χ1v) is 7.44. The topological polar surface area (TPSA) is 44.3 Å². The van der Waals surface area contributed by atoms with Gasteiger partial charge in [-0.2, -0.15) is 0 Å². The number of likely N-dealkylation sites (N-methyl/N-ethyl adjacent to an activating group) is 2. The van der Waals surface area contributed by atoms with Gasteiger partial charge in [0.1, 0.15) is 18.0 Å². The van der Waals surface area contributed by atoms with Gasteiger partial charge in [0.25, 0.3) is 0 Å². The molecule has 0 spiro atoms. The zero-order chi connectivity index (χ0) is 14.8. The summed E-state index contributed by atoms with van der Waals surface area (Å²) in [5.74, 6) is 2.00. The molecule has 112 valence electrons. The molecule has 1 aromatic heterocycles. The molecule has 1 heterocycles. The van der Waals surface area contributed by atoms with Crippen LogP contribution >= 0.6 is 0 Å². The summed E-state index contributed by atoms with van der Waals surface area (Å²) in [5.41, 5.74) is 1.51. The largest absolute Gasteiger partial charge is 0.373 e. The Morgan fingerprint density at radius 3 is 2.40 bits per heavy atom. The zero-order valence-electron chi connectivity index (χ0n) is 13.4. The SMILES string of the molecule is CCc1c(NC)ncnc1N(C)CC1(N(C)C)CCC1. The third kappa shape index (κ3) is 2.59. The molecule has 1 aromatic rings. The van der Waals surface area contributed by atoms with Gasteiger partial charge < -0.3 is 15.1 Å². The molecule has 0 saturated heterocycles. The molecule has 0 aliphatic heterocycles. The van der Waals surface area contributed by atoms with E-state index in [0.717, 1.165) is 24.6 Å². The van der Waals surface area contributed by atoms with E-state index in [9.17, 15) is 0 Å². The number of rotatable bonds is 6. The maximum atomic E-state index is 4.52. The monoisotopic (exact) mass is 277 g/mol. The summed E-state index contributed by atoms with van der Waals surface area (Å²) in [7, 11) is 8.43. The Morgan fingerprint density at radius 1 is 1.25 bits per heavy atom. The summed E-state index contributed by atoms with van der Waals surface area (Å²) in [6.45, 7) is 3.18. The quantitative estimate of drug-likeness (QED) is 0.861. The lowest BCUT2D eigenvalue weighted by Gasteiger charge is -2.49. The van der Waals surface area contributed by atoms with Gasteiger partial charge in [0, 0.05) is 31.7 Å². The van der Waals surface area contributed by atoms with Gasteiger partial charge in [0.05, 0.1) is 0 Å². The molecule has 5 nitrogen and oxygen atoms in total. The van der Waals surface area contributed by atoms with Crippen LogP contribution in [0.2, 0.25) is 0 Å². The Hall–Kier alpha value is -1.36. The number of hydrogen-bond donors (Lipinski definition) is 1. The highest BCUT2D eigenvalue weighted by Gasteiger charge is 2.40. The lowest BCUT2D eigenvalue weighted by molar-refractivity contribution is 0.0681. The van der Waals surface area contributed by atoms with E-state index in [4.69, 9.17) is 0 Å². The Morgan fingerprint density at radius 2 is 1.95 bits per heavy atom. The van der Waals surface area contributed by atoms with Crippen molar-refractivity contribution in [3.8, 4) is 0 Å². The van der Waals surface area contributed by atoms with Crippen LogP contribution in [0.4, 0.5) is 11.6 Å². The maximum Gasteiger partial charge on any atom is 0.137 e. The fourth-order valence-corrected chi connectivity index (χ4v) is 3.12. The molecule has 1 aliphatic carbocycles. The second kappa shape index (κ2) is 5.95. The van der Waals surface area contributed by atoms with E-state index in [1.807, 2.05) is 7.05 Å². The predicted octanol–water partition coefficient (Wildman–Crippen LogP) is 2.00. The fraction of sp³-hybridized carbons (Fsp3) is 0.733. The first-order chi connectivity index (χ1) is 9.54. The van der Waals surface area contributed by atoms with Gasteiger partial charge in [-0.1, -0.05) is 6.92 Å². The number of nitrogens with zero attached hydrogens (tertiary/aromatic N) is 4. The minimum atomic E-state index is 0.310. The number of anilines is 2. The summed E-state index contributed by atoms with van der Waals surface area (Å²) < 4.78 is 0. The number of nitrogens with one attached hydrogen (secondary N) is 1. The van der Waals surface area contributed by atoms with Gasteiger partial charge in [-0.15, -0.1) is 0 Å². The highest BCUT2D eigenvalue weighted by Crippen LogP contribution is 2.37. The molecule has 2 rings (SSSR count). The molecule has 1 N–H and O–H groups in total. The van der Waals surface area contributed by atoms with Gasteiger partial charge in [0.15, 0.2) is 0 Å². The van der Waals surface area contributed by atoms with Crippen LogP contribution in [0.25, 0.3) is 0 Å². The molecule has 0 aromatic carbocycles. The zero-order valence-corrected chi connectivity index (χ0v) is 13.4. The van der Waals surface area contributed by atoms with Crippen molar-refractivity contribution in [2.24, 2.45) is 0 Å². The molecule has 5 heteroatoms. The van der Waals surface area contributed by atoms with E-state index >= 15 is 0 Å². The van der Waals surface area contributed by atoms with Crippen molar-refractivity contribution in [2.45, 2.75) is 38.1 Å². The lowest BCUT2D eigenvalue weighted by Crippen LogP contribution is -2.57. The van der Waals surface area contributed by atoms with Crippen LogP contribution in [0.3, 0.4) is 0 Å². The lowest BCUT2D eigenvalue weighted by atomic mass is 9.75. The molecule has 0 unspecified atom stereocenters. The molecule has 20 heavy (non-hydrogen) atoms. The van der Waals surface area contributed by atoms with Crippen molar-refractivity contribution < 1.29 is 0 Å². The van der Waals surface area contributed by atoms with Crippen molar-refractivity contribution in [1.82, 2.24) is 14.9 Å². The van der Waals surface area contributed by atoms with Gasteiger partial charge in [-0.3, -0.25) is 0 Å². The van der Waals surface area contributed by atoms with Crippen LogP contribution in [0, 0.1) is 0 Å². The molecule has 0 atom stereocenters. The standard InChI is InChI=1S/C15H27N5/c1-6-12-13(16-2)17-11-18-14(12)20(5)10-15(19(3)4)8-7-9-15/h11H,6-10H2,1-5H3,(H,16,17,18). The van der Waals surface area contributed by atoms with E-state index in [1.54, 1.807) is 6.33 Å². The van der Waals surface area contributed by atoms with Crippen molar-refractivity contribution in [3.63, 3.8) is 0 Å². The molecule has 1 aliphatic rings. The van der Waals surface area contributed by atoms with Crippen molar-refractivity contribution in [2.75, 3.05) is 45.0 Å². The summed E-state index contributed by atoms with van der Waals surface area (Å²) in [6, 6.07) is 0. The van der Waals surface area contributed by atoms with Crippen LogP contribution in [0.1, 0.15) is 31.7 Å². The summed E-state index contributed by atoms with van der Waals surface area (Å²) in [5, 5.41) is 3.17. The van der Waals surface area contributed by atoms with Crippen LogP contribution in [0.15, 0.2) is 6.33 Å². The third-order valence-corrected chi connectivity index (χ3v) is 4.64. The second-order valence-electron chi connectivity index (χ2n) is 5.96. The van der Waals surface area contributed by atoms with Gasteiger partial charge in [-0.05, 0) is 39.8 Å². The molecule has 0 amide bonds. The Bertz CT molecular complexity index is 454. The van der Waals surface area contributed by atoms with Gasteiger partial charge in [-0.25, -0.2) is 9.97 Å². The highest BCUT2D eigenvalue weighted by atomic mass is 15.3. The van der Waals surface area contributed by atoms with Crippen molar-refractivity contribution in [1.29, 1.82) is 0 Å². The van der Waals surface area contributed by atoms with Gasteiger partial charge >= 0.3 is 0 Å². The van der Waals surface area contributed by atoms with Crippen molar-refractivity contribution >= 4 is 11.6 Å². The number of hydrogen-bond acceptors (Lipinski definition) is 5. The smallest absolute Gasteiger partial charge is 0.137 e. The van der Waals surface area contributed by atoms with Crippen molar-refractivity contribution in [3.05, 3.63) is 11.9 Å². The maximum absolute atomic E-state index is 4.52. The molecule has 0 radical (unpaired) electrons. The van der Waals surface area contributed by atoms with Crippen LogP contribution in [-0.2, 0) is 6.42 Å². The minimum absolute atomic E-state index is 0.310. The fourth-order valence-electron chi connectivity index (χ4n) is 3.12. The van der Waals surface area contributed by atoms with Crippen LogP contribution in [-0.4, -0.2) is 55.1 Å². The van der Waals surface area contributed by atoms with Crippen LogP contribution < -0.4 is 10.2 Å². The molecule has 0 bridgehead atoms. The van der Waals surface area contributed by atoms with Gasteiger partial charge in [0.2, 0.25) is 0 Å². The molecule has 1 fully saturated rings. The van der Waals surface area contributed by atoms with E-state index in [2.05, 4.69) is 53.2 Å². The Labute approximate surface area is 122 Å². The average Bonchev–Trinajstić information content (AvgIpc) is 2.40. The first kappa shape index (κ1) is 15.0. The van der Waals surface area contributed by atoms with Crippen LogP contribution in [0.5, 0.6) is 0 Å². The second-order valence-corrected chi connectivity index (χ2v) is 5.96. The van der Waals surface area contributed by atoms with E-state index < -0.39 is 0 Å². The first-order valence-electron chi connectivity index (χ1n) is 7.44. The van der Waals surface area contributed by atoms with E-state index in [-0.39, 0.29) is 0 Å². The minimum Gasteiger partial charge on any atom is -0.373 e. The Kier molecular flexibility index (Phi) is 4.48. The Balaban J connectivity index is 2.23. The van der Waals surface area contributed by atoms with E-state index in [1.165, 1.54) is 24.8 Å². The normalized spacial score (nSPS) is 16.9.